The molecule has 1 aromatic carbocycles. The highest BCUT2D eigenvalue weighted by atomic mass is 16.5. The summed E-state index contributed by atoms with van der Waals surface area (Å²) >= 11 is 0. The first-order chi connectivity index (χ1) is 11.1. The number of allylic oxidation sites excluding steroid dienone is 1. The molecule has 1 aliphatic heterocycles. The van der Waals surface area contributed by atoms with E-state index in [1.54, 1.807) is 24.3 Å². The third kappa shape index (κ3) is 4.47. The Kier molecular flexibility index (Phi) is 5.56. The average Bonchev–Trinajstić information content (AvgIpc) is 3.07. The summed E-state index contributed by atoms with van der Waals surface area (Å²) in [6, 6.07) is 8.20. The Balaban J connectivity index is 2.11. The standard InChI is InChI=1S/C16H16N4O3/c17-7-11(8-18)9-19-12-3-4-15(14(6-12)16(21)22)20-10-13-2-1-5-23-13/h3-4,6,9,13,19-20H,1-2,5,10H2,(H,21,22). The molecule has 1 unspecified atom stereocenters. The predicted molar refractivity (Wildman–Crippen MR) is 83.8 cm³/mol. The van der Waals surface area contributed by atoms with Gasteiger partial charge in [0.15, 0.2) is 0 Å². The van der Waals surface area contributed by atoms with Crippen LogP contribution in [0.25, 0.3) is 0 Å². The molecular formula is C16H16N4O3. The summed E-state index contributed by atoms with van der Waals surface area (Å²) in [6.07, 6.45) is 3.32. The molecule has 3 N–H and O–H groups in total. The van der Waals surface area contributed by atoms with Crippen LogP contribution < -0.4 is 10.6 Å². The van der Waals surface area contributed by atoms with Crippen molar-refractivity contribution in [2.24, 2.45) is 0 Å². The lowest BCUT2D eigenvalue weighted by molar-refractivity contribution is 0.0697. The predicted octanol–water partition coefficient (Wildman–Crippen LogP) is 2.32. The zero-order valence-corrected chi connectivity index (χ0v) is 12.4. The van der Waals surface area contributed by atoms with Crippen molar-refractivity contribution in [3.8, 4) is 12.1 Å². The maximum Gasteiger partial charge on any atom is 0.337 e. The lowest BCUT2D eigenvalue weighted by Gasteiger charge is -2.14. The Morgan fingerprint density at radius 1 is 1.43 bits per heavy atom. The van der Waals surface area contributed by atoms with Gasteiger partial charge in [-0.25, -0.2) is 4.79 Å². The fraction of sp³-hybridized carbons (Fsp3) is 0.312. The molecule has 0 bridgehead atoms. The number of aromatic carboxylic acids is 1. The van der Waals surface area contributed by atoms with Crippen molar-refractivity contribution in [1.29, 1.82) is 10.5 Å². The van der Waals surface area contributed by atoms with E-state index < -0.39 is 5.97 Å². The third-order valence-corrected chi connectivity index (χ3v) is 3.42. The number of carboxylic acids is 1. The Morgan fingerprint density at radius 2 is 2.22 bits per heavy atom. The van der Waals surface area contributed by atoms with E-state index in [9.17, 15) is 9.90 Å². The number of ether oxygens (including phenoxy) is 1. The number of carboxylic acid groups (broad SMARTS) is 1. The van der Waals surface area contributed by atoms with Gasteiger partial charge in [-0.3, -0.25) is 0 Å². The molecule has 1 heterocycles. The quantitative estimate of drug-likeness (QED) is 0.690. The number of carbonyl (C=O) groups is 1. The number of hydrogen-bond donors (Lipinski definition) is 3. The molecule has 0 aliphatic carbocycles. The van der Waals surface area contributed by atoms with Gasteiger partial charge in [-0.1, -0.05) is 0 Å². The molecule has 7 nitrogen and oxygen atoms in total. The number of anilines is 2. The SMILES string of the molecule is N#CC(C#N)=CNc1ccc(NCC2CCCO2)c(C(=O)O)c1. The average molecular weight is 312 g/mol. The fourth-order valence-corrected chi connectivity index (χ4v) is 2.24. The molecule has 118 valence electrons. The molecule has 0 amide bonds. The van der Waals surface area contributed by atoms with E-state index in [4.69, 9.17) is 15.3 Å². The van der Waals surface area contributed by atoms with Gasteiger partial charge >= 0.3 is 5.97 Å². The third-order valence-electron chi connectivity index (χ3n) is 3.42. The van der Waals surface area contributed by atoms with Crippen LogP contribution in [0.1, 0.15) is 23.2 Å². The summed E-state index contributed by atoms with van der Waals surface area (Å²) < 4.78 is 5.50. The summed E-state index contributed by atoms with van der Waals surface area (Å²) in [6.45, 7) is 1.30. The lowest BCUT2D eigenvalue weighted by Crippen LogP contribution is -2.19. The Bertz CT molecular complexity index is 678. The number of hydrogen-bond acceptors (Lipinski definition) is 6. The summed E-state index contributed by atoms with van der Waals surface area (Å²) in [5.74, 6) is -1.06. The van der Waals surface area contributed by atoms with E-state index in [0.29, 0.717) is 17.9 Å². The van der Waals surface area contributed by atoms with Crippen LogP contribution in [0.3, 0.4) is 0 Å². The van der Waals surface area contributed by atoms with E-state index in [1.807, 2.05) is 0 Å². The molecular weight excluding hydrogens is 296 g/mol. The first-order valence-electron chi connectivity index (χ1n) is 7.13. The fourth-order valence-electron chi connectivity index (χ4n) is 2.24. The topological polar surface area (TPSA) is 118 Å². The molecule has 0 radical (unpaired) electrons. The number of nitriles is 2. The number of nitrogens with one attached hydrogen (secondary N) is 2. The Labute approximate surface area is 133 Å². The monoisotopic (exact) mass is 312 g/mol. The first-order valence-corrected chi connectivity index (χ1v) is 7.13. The van der Waals surface area contributed by atoms with Gasteiger partial charge < -0.3 is 20.5 Å². The van der Waals surface area contributed by atoms with E-state index in [0.717, 1.165) is 19.4 Å². The molecule has 1 aromatic rings. The maximum absolute atomic E-state index is 11.4. The molecule has 0 saturated carbocycles. The number of benzene rings is 1. The van der Waals surface area contributed by atoms with Gasteiger partial charge in [0.25, 0.3) is 0 Å². The minimum atomic E-state index is -1.06. The van der Waals surface area contributed by atoms with Gasteiger partial charge in [0.2, 0.25) is 0 Å². The molecule has 1 fully saturated rings. The Hall–Kier alpha value is -3.03. The van der Waals surface area contributed by atoms with Crippen LogP contribution in [-0.4, -0.2) is 30.3 Å². The van der Waals surface area contributed by atoms with Crippen molar-refractivity contribution in [3.63, 3.8) is 0 Å². The molecule has 1 aliphatic rings. The van der Waals surface area contributed by atoms with Crippen molar-refractivity contribution in [3.05, 3.63) is 35.5 Å². The smallest absolute Gasteiger partial charge is 0.337 e. The minimum Gasteiger partial charge on any atom is -0.478 e. The second-order valence-corrected chi connectivity index (χ2v) is 5.01. The van der Waals surface area contributed by atoms with Crippen molar-refractivity contribution >= 4 is 17.3 Å². The van der Waals surface area contributed by atoms with E-state index in [1.165, 1.54) is 12.3 Å². The van der Waals surface area contributed by atoms with Crippen LogP contribution in [0.2, 0.25) is 0 Å². The highest BCUT2D eigenvalue weighted by Crippen LogP contribution is 2.22. The lowest BCUT2D eigenvalue weighted by atomic mass is 10.1. The number of rotatable bonds is 6. The van der Waals surface area contributed by atoms with Crippen LogP contribution in [0.5, 0.6) is 0 Å². The minimum absolute atomic E-state index is 0.0949. The van der Waals surface area contributed by atoms with E-state index >= 15 is 0 Å². The number of nitrogens with zero attached hydrogens (tertiary/aromatic N) is 2. The van der Waals surface area contributed by atoms with Gasteiger partial charge in [-0.05, 0) is 31.0 Å². The molecule has 1 saturated heterocycles. The van der Waals surface area contributed by atoms with Crippen molar-refractivity contribution in [1.82, 2.24) is 0 Å². The van der Waals surface area contributed by atoms with Crippen LogP contribution >= 0.6 is 0 Å². The summed E-state index contributed by atoms with van der Waals surface area (Å²) in [5, 5.41) is 32.5. The summed E-state index contributed by atoms with van der Waals surface area (Å²) in [5.41, 5.74) is 0.996. The molecule has 0 spiro atoms. The van der Waals surface area contributed by atoms with Gasteiger partial charge in [-0.15, -0.1) is 0 Å². The van der Waals surface area contributed by atoms with Gasteiger partial charge in [0.1, 0.15) is 17.7 Å². The van der Waals surface area contributed by atoms with Gasteiger partial charge in [0, 0.05) is 30.7 Å². The second kappa shape index (κ2) is 7.83. The van der Waals surface area contributed by atoms with Crippen LogP contribution in [-0.2, 0) is 4.74 Å². The zero-order chi connectivity index (χ0) is 16.7. The van der Waals surface area contributed by atoms with Crippen LogP contribution in [0.4, 0.5) is 11.4 Å². The largest absolute Gasteiger partial charge is 0.478 e. The van der Waals surface area contributed by atoms with Crippen molar-refractivity contribution in [2.75, 3.05) is 23.8 Å². The molecule has 7 heteroatoms. The summed E-state index contributed by atoms with van der Waals surface area (Å²) in [4.78, 5) is 11.4. The normalized spacial score (nSPS) is 16.0. The van der Waals surface area contributed by atoms with Crippen molar-refractivity contribution < 1.29 is 14.6 Å². The van der Waals surface area contributed by atoms with Crippen molar-refractivity contribution in [2.45, 2.75) is 18.9 Å². The highest BCUT2D eigenvalue weighted by Gasteiger charge is 2.17. The molecule has 23 heavy (non-hydrogen) atoms. The molecule has 0 aromatic heterocycles. The second-order valence-electron chi connectivity index (χ2n) is 5.01. The van der Waals surface area contributed by atoms with Crippen LogP contribution in [0, 0.1) is 22.7 Å². The van der Waals surface area contributed by atoms with E-state index in [-0.39, 0.29) is 17.2 Å². The van der Waals surface area contributed by atoms with Gasteiger partial charge in [0.05, 0.1) is 11.7 Å². The highest BCUT2D eigenvalue weighted by molar-refractivity contribution is 5.95. The van der Waals surface area contributed by atoms with Gasteiger partial charge in [-0.2, -0.15) is 10.5 Å². The Morgan fingerprint density at radius 3 is 2.83 bits per heavy atom. The first kappa shape index (κ1) is 16.3. The maximum atomic E-state index is 11.4. The summed E-state index contributed by atoms with van der Waals surface area (Å²) in [7, 11) is 0. The van der Waals surface area contributed by atoms with Crippen LogP contribution in [0.15, 0.2) is 30.0 Å². The van der Waals surface area contributed by atoms with E-state index in [2.05, 4.69) is 10.6 Å². The molecule has 2 rings (SSSR count). The zero-order valence-electron chi connectivity index (χ0n) is 12.4. The molecule has 1 atom stereocenters.